The van der Waals surface area contributed by atoms with E-state index in [2.05, 4.69) is 0 Å². The first kappa shape index (κ1) is 25.9. The number of nitrogens with zero attached hydrogens (tertiary/aromatic N) is 2. The molecule has 1 atom stereocenters. The minimum Gasteiger partial charge on any atom is -0.481 e. The van der Waals surface area contributed by atoms with Crippen molar-refractivity contribution in [3.05, 3.63) is 71.3 Å². The van der Waals surface area contributed by atoms with Crippen molar-refractivity contribution in [2.75, 3.05) is 20.1 Å². The van der Waals surface area contributed by atoms with Crippen LogP contribution in [0.4, 0.5) is 0 Å². The molecule has 0 bridgehead atoms. The highest BCUT2D eigenvalue weighted by Crippen LogP contribution is 2.41. The molecule has 0 saturated carbocycles. The third-order valence-corrected chi connectivity index (χ3v) is 6.87. The van der Waals surface area contributed by atoms with E-state index in [1.807, 2.05) is 44.2 Å². The van der Waals surface area contributed by atoms with Gasteiger partial charge in [0.05, 0.1) is 11.5 Å². The van der Waals surface area contributed by atoms with Gasteiger partial charge in [-0.3, -0.25) is 19.8 Å². The second kappa shape index (κ2) is 10.7. The van der Waals surface area contributed by atoms with Crippen molar-refractivity contribution in [2.45, 2.75) is 39.2 Å². The van der Waals surface area contributed by atoms with Gasteiger partial charge in [0.2, 0.25) is 5.91 Å². The zero-order valence-corrected chi connectivity index (χ0v) is 20.5. The number of nitrogens with two attached hydrogens (primary N) is 1. The number of carboxylic acids is 1. The molecule has 8 nitrogen and oxygen atoms in total. The number of carbonyl (C=O) groups excluding carboxylic acids is 2. The summed E-state index contributed by atoms with van der Waals surface area (Å²) in [6, 6.07) is 15.5. The maximum Gasteiger partial charge on any atom is 0.303 e. The van der Waals surface area contributed by atoms with Gasteiger partial charge in [0.1, 0.15) is 5.84 Å². The Kier molecular flexibility index (Phi) is 7.94. The number of amides is 2. The summed E-state index contributed by atoms with van der Waals surface area (Å²) in [7, 11) is 1.70. The second-order valence-electron chi connectivity index (χ2n) is 9.78. The molecule has 0 unspecified atom stereocenters. The standard InChI is InChI=1S/C27H34N4O4/c1-27(2,26(35)31-15-13-18(14-16-31)17-22(32)33)23(19-7-5-4-6-8-19)30(3)25(34)21-11-9-20(10-12-21)24(28)29/h4-12,18,23H,13-17H2,1-3H3,(H3,28,29)(H,32,33)/t23-/m1/s1. The van der Waals surface area contributed by atoms with E-state index >= 15 is 0 Å². The number of benzene rings is 2. The summed E-state index contributed by atoms with van der Waals surface area (Å²) in [6.45, 7) is 4.73. The number of hydrogen-bond acceptors (Lipinski definition) is 4. The molecule has 4 N–H and O–H groups in total. The first-order chi connectivity index (χ1) is 16.5. The number of carboxylic acid groups (broad SMARTS) is 1. The molecule has 0 aromatic heterocycles. The molecule has 2 amide bonds. The number of amidine groups is 1. The zero-order valence-electron chi connectivity index (χ0n) is 20.5. The van der Waals surface area contributed by atoms with Gasteiger partial charge in [0.25, 0.3) is 5.91 Å². The summed E-state index contributed by atoms with van der Waals surface area (Å²) in [4.78, 5) is 41.7. The van der Waals surface area contributed by atoms with Crippen LogP contribution in [0, 0.1) is 16.7 Å². The lowest BCUT2D eigenvalue weighted by atomic mass is 9.77. The average molecular weight is 479 g/mol. The molecule has 0 spiro atoms. The minimum absolute atomic E-state index is 0.0632. The Hall–Kier alpha value is -3.68. The number of carbonyl (C=O) groups is 3. The predicted molar refractivity (Wildman–Crippen MR) is 134 cm³/mol. The third-order valence-electron chi connectivity index (χ3n) is 6.87. The fourth-order valence-electron chi connectivity index (χ4n) is 4.98. The molecule has 2 aromatic carbocycles. The Balaban J connectivity index is 1.87. The molecule has 186 valence electrons. The van der Waals surface area contributed by atoms with E-state index in [1.165, 1.54) is 0 Å². The number of hydrogen-bond donors (Lipinski definition) is 3. The van der Waals surface area contributed by atoms with Crippen LogP contribution in [0.3, 0.4) is 0 Å². The van der Waals surface area contributed by atoms with Crippen molar-refractivity contribution < 1.29 is 19.5 Å². The third kappa shape index (κ3) is 5.88. The van der Waals surface area contributed by atoms with Crippen LogP contribution in [0.15, 0.2) is 54.6 Å². The monoisotopic (exact) mass is 478 g/mol. The van der Waals surface area contributed by atoms with Crippen LogP contribution in [-0.2, 0) is 9.59 Å². The predicted octanol–water partition coefficient (Wildman–Crippen LogP) is 3.52. The van der Waals surface area contributed by atoms with Gasteiger partial charge >= 0.3 is 5.97 Å². The highest BCUT2D eigenvalue weighted by atomic mass is 16.4. The molecule has 1 saturated heterocycles. The van der Waals surface area contributed by atoms with E-state index < -0.39 is 17.4 Å². The molecular formula is C27H34N4O4. The number of piperidine rings is 1. The zero-order chi connectivity index (χ0) is 25.8. The van der Waals surface area contributed by atoms with Crippen LogP contribution in [0.25, 0.3) is 0 Å². The highest BCUT2D eigenvalue weighted by Gasteiger charge is 2.44. The summed E-state index contributed by atoms with van der Waals surface area (Å²) in [5, 5.41) is 16.6. The van der Waals surface area contributed by atoms with Gasteiger partial charge in [-0.05, 0) is 50.3 Å². The Bertz CT molecular complexity index is 1070. The lowest BCUT2D eigenvalue weighted by molar-refractivity contribution is -0.145. The molecule has 3 rings (SSSR count). The van der Waals surface area contributed by atoms with Crippen LogP contribution >= 0.6 is 0 Å². The van der Waals surface area contributed by atoms with Crippen molar-refractivity contribution in [1.29, 1.82) is 5.41 Å². The van der Waals surface area contributed by atoms with Crippen molar-refractivity contribution in [1.82, 2.24) is 9.80 Å². The summed E-state index contributed by atoms with van der Waals surface area (Å²) < 4.78 is 0. The Morgan fingerprint density at radius 2 is 1.60 bits per heavy atom. The molecule has 1 aliphatic rings. The highest BCUT2D eigenvalue weighted by molar-refractivity contribution is 5.98. The fraction of sp³-hybridized carbons (Fsp3) is 0.407. The molecule has 35 heavy (non-hydrogen) atoms. The van der Waals surface area contributed by atoms with Crippen LogP contribution in [0.5, 0.6) is 0 Å². The molecule has 8 heteroatoms. The molecule has 1 fully saturated rings. The second-order valence-corrected chi connectivity index (χ2v) is 9.78. The number of aliphatic carboxylic acids is 1. The Labute approximate surface area is 206 Å². The molecule has 1 heterocycles. The smallest absolute Gasteiger partial charge is 0.303 e. The maximum absolute atomic E-state index is 13.8. The van der Waals surface area contributed by atoms with Gasteiger partial charge in [0.15, 0.2) is 0 Å². The van der Waals surface area contributed by atoms with Crippen molar-refractivity contribution in [3.63, 3.8) is 0 Å². The number of rotatable bonds is 8. The van der Waals surface area contributed by atoms with Crippen molar-refractivity contribution in [3.8, 4) is 0 Å². The van der Waals surface area contributed by atoms with Crippen molar-refractivity contribution >= 4 is 23.6 Å². The quantitative estimate of drug-likeness (QED) is 0.395. The lowest BCUT2D eigenvalue weighted by Gasteiger charge is -2.43. The van der Waals surface area contributed by atoms with Crippen LogP contribution < -0.4 is 5.73 Å². The summed E-state index contributed by atoms with van der Waals surface area (Å²) in [5.41, 5.74) is 6.42. The van der Waals surface area contributed by atoms with E-state index in [0.29, 0.717) is 37.1 Å². The van der Waals surface area contributed by atoms with Gasteiger partial charge in [-0.1, -0.05) is 42.5 Å². The van der Waals surface area contributed by atoms with E-state index in [4.69, 9.17) is 16.2 Å². The van der Waals surface area contributed by atoms with E-state index in [9.17, 15) is 14.4 Å². The Morgan fingerprint density at radius 1 is 1.06 bits per heavy atom. The van der Waals surface area contributed by atoms with Crippen LogP contribution in [-0.4, -0.2) is 58.7 Å². The van der Waals surface area contributed by atoms with Gasteiger partial charge in [-0.2, -0.15) is 0 Å². The minimum atomic E-state index is -0.940. The molecule has 0 aliphatic carbocycles. The topological polar surface area (TPSA) is 128 Å². The number of likely N-dealkylation sites (tertiary alicyclic amines) is 1. The summed E-state index contributed by atoms with van der Waals surface area (Å²) in [5.74, 6) is -1.11. The SMILES string of the molecule is CN(C(=O)c1ccc(C(=N)N)cc1)[C@H](c1ccccc1)C(C)(C)C(=O)N1CCC(CC(=O)O)CC1. The van der Waals surface area contributed by atoms with Gasteiger partial charge < -0.3 is 20.6 Å². The lowest BCUT2D eigenvalue weighted by Crippen LogP contribution is -2.51. The fourth-order valence-corrected chi connectivity index (χ4v) is 4.98. The van der Waals surface area contributed by atoms with Gasteiger partial charge in [-0.15, -0.1) is 0 Å². The van der Waals surface area contributed by atoms with Crippen LogP contribution in [0.1, 0.15) is 60.6 Å². The first-order valence-corrected chi connectivity index (χ1v) is 11.8. The summed E-state index contributed by atoms with van der Waals surface area (Å²) >= 11 is 0. The summed E-state index contributed by atoms with van der Waals surface area (Å²) in [6.07, 6.45) is 1.43. The average Bonchev–Trinajstić information content (AvgIpc) is 2.84. The molecular weight excluding hydrogens is 444 g/mol. The Morgan fingerprint density at radius 3 is 2.11 bits per heavy atom. The molecule has 2 aromatic rings. The van der Waals surface area contributed by atoms with Crippen LogP contribution in [0.2, 0.25) is 0 Å². The van der Waals surface area contributed by atoms with E-state index in [0.717, 1.165) is 5.56 Å². The number of nitrogen functional groups attached to an aromatic ring is 1. The number of nitrogens with one attached hydrogen (secondary N) is 1. The maximum atomic E-state index is 13.8. The van der Waals surface area contributed by atoms with Crippen molar-refractivity contribution in [2.24, 2.45) is 17.1 Å². The van der Waals surface area contributed by atoms with Gasteiger partial charge in [0, 0.05) is 37.7 Å². The largest absolute Gasteiger partial charge is 0.481 e. The van der Waals surface area contributed by atoms with Gasteiger partial charge in [-0.25, -0.2) is 0 Å². The first-order valence-electron chi connectivity index (χ1n) is 11.8. The van der Waals surface area contributed by atoms with E-state index in [-0.39, 0.29) is 30.0 Å². The van der Waals surface area contributed by atoms with E-state index in [1.54, 1.807) is 41.1 Å². The molecule has 1 aliphatic heterocycles. The normalized spacial score (nSPS) is 15.3. The molecule has 0 radical (unpaired) electrons.